The molecule has 0 saturated heterocycles. The maximum absolute atomic E-state index is 11.3. The van der Waals surface area contributed by atoms with Crippen LogP contribution in [0.3, 0.4) is 0 Å². The van der Waals surface area contributed by atoms with Crippen molar-refractivity contribution in [2.24, 2.45) is 7.05 Å². The molecule has 100 valence electrons. The Kier molecular flexibility index (Phi) is 2.75. The van der Waals surface area contributed by atoms with Crippen LogP contribution >= 0.6 is 0 Å². The molecule has 0 radical (unpaired) electrons. The van der Waals surface area contributed by atoms with Gasteiger partial charge in [-0.05, 0) is 6.07 Å². The minimum absolute atomic E-state index is 0.0745. The first-order valence-electron chi connectivity index (χ1n) is 5.74. The number of aryl methyl sites for hydroxylation is 1. The maximum atomic E-state index is 11.3. The van der Waals surface area contributed by atoms with Crippen LogP contribution in [0.15, 0.2) is 37.1 Å². The lowest BCUT2D eigenvalue weighted by atomic mass is 10.1. The minimum atomic E-state index is -1.06. The molecule has 3 aromatic rings. The van der Waals surface area contributed by atoms with Crippen LogP contribution in [-0.2, 0) is 7.05 Å². The van der Waals surface area contributed by atoms with Crippen molar-refractivity contribution in [1.82, 2.24) is 29.5 Å². The Hall–Kier alpha value is -3.03. The average molecular weight is 270 g/mol. The maximum Gasteiger partial charge on any atom is 0.339 e. The molecule has 0 aliphatic carbocycles. The average Bonchev–Trinajstić information content (AvgIpc) is 3.05. The highest BCUT2D eigenvalue weighted by molar-refractivity contribution is 5.94. The van der Waals surface area contributed by atoms with Gasteiger partial charge in [-0.25, -0.2) is 19.4 Å². The van der Waals surface area contributed by atoms with Gasteiger partial charge in [-0.15, -0.1) is 0 Å². The second-order valence-electron chi connectivity index (χ2n) is 4.09. The number of carboxylic acid groups (broad SMARTS) is 1. The number of rotatable bonds is 3. The Bertz CT molecular complexity index is 761. The van der Waals surface area contributed by atoms with E-state index >= 15 is 0 Å². The molecular formula is C12H10N6O2. The molecule has 3 aromatic heterocycles. The third-order valence-corrected chi connectivity index (χ3v) is 2.68. The summed E-state index contributed by atoms with van der Waals surface area (Å²) >= 11 is 0. The fraction of sp³-hybridized carbons (Fsp3) is 0.0833. The van der Waals surface area contributed by atoms with Gasteiger partial charge in [0.25, 0.3) is 0 Å². The zero-order valence-corrected chi connectivity index (χ0v) is 10.5. The topological polar surface area (TPSA) is 98.7 Å². The second kappa shape index (κ2) is 4.57. The molecule has 0 spiro atoms. The Morgan fingerprint density at radius 2 is 2.00 bits per heavy atom. The number of nitrogens with zero attached hydrogens (tertiary/aromatic N) is 6. The molecule has 0 bridgehead atoms. The standard InChI is InChI=1S/C12H10N6O2/c1-17-6-8(5-15-17)10-9(11(19)20)7-18(16-10)12-13-3-2-4-14-12/h2-7H,1H3,(H,19,20). The van der Waals surface area contributed by atoms with E-state index in [0.29, 0.717) is 17.2 Å². The highest BCUT2D eigenvalue weighted by Crippen LogP contribution is 2.22. The van der Waals surface area contributed by atoms with Crippen molar-refractivity contribution in [3.8, 4) is 17.2 Å². The Morgan fingerprint density at radius 3 is 2.60 bits per heavy atom. The van der Waals surface area contributed by atoms with Crippen LogP contribution in [0.5, 0.6) is 0 Å². The summed E-state index contributed by atoms with van der Waals surface area (Å²) in [7, 11) is 1.75. The van der Waals surface area contributed by atoms with Crippen molar-refractivity contribution < 1.29 is 9.90 Å². The molecule has 0 aliphatic rings. The molecule has 0 saturated carbocycles. The summed E-state index contributed by atoms with van der Waals surface area (Å²) in [6, 6.07) is 1.67. The second-order valence-corrected chi connectivity index (χ2v) is 4.09. The van der Waals surface area contributed by atoms with Crippen molar-refractivity contribution in [1.29, 1.82) is 0 Å². The predicted molar refractivity (Wildman–Crippen MR) is 68.3 cm³/mol. The molecule has 0 atom stereocenters. The van der Waals surface area contributed by atoms with Crippen molar-refractivity contribution in [2.75, 3.05) is 0 Å². The van der Waals surface area contributed by atoms with E-state index in [1.807, 2.05) is 0 Å². The first-order chi connectivity index (χ1) is 9.65. The van der Waals surface area contributed by atoms with E-state index in [4.69, 9.17) is 0 Å². The number of hydrogen-bond acceptors (Lipinski definition) is 5. The molecule has 0 fully saturated rings. The smallest absolute Gasteiger partial charge is 0.339 e. The number of carboxylic acids is 1. The lowest BCUT2D eigenvalue weighted by Crippen LogP contribution is -2.00. The lowest BCUT2D eigenvalue weighted by Gasteiger charge is -1.96. The van der Waals surface area contributed by atoms with Gasteiger partial charge in [-0.1, -0.05) is 0 Å². The molecule has 3 heterocycles. The van der Waals surface area contributed by atoms with Gasteiger partial charge in [-0.2, -0.15) is 10.2 Å². The van der Waals surface area contributed by atoms with Crippen LogP contribution in [0.1, 0.15) is 10.4 Å². The Morgan fingerprint density at radius 1 is 1.25 bits per heavy atom. The summed E-state index contributed by atoms with van der Waals surface area (Å²) < 4.78 is 2.92. The van der Waals surface area contributed by atoms with E-state index < -0.39 is 5.97 Å². The fourth-order valence-corrected chi connectivity index (χ4v) is 1.80. The number of aromatic nitrogens is 6. The summed E-state index contributed by atoms with van der Waals surface area (Å²) in [4.78, 5) is 19.4. The van der Waals surface area contributed by atoms with Crippen LogP contribution < -0.4 is 0 Å². The fourth-order valence-electron chi connectivity index (χ4n) is 1.80. The van der Waals surface area contributed by atoms with Gasteiger partial charge in [-0.3, -0.25) is 4.68 Å². The van der Waals surface area contributed by atoms with E-state index in [9.17, 15) is 9.90 Å². The summed E-state index contributed by atoms with van der Waals surface area (Å²) in [6.07, 6.45) is 7.78. The van der Waals surface area contributed by atoms with Gasteiger partial charge < -0.3 is 5.11 Å². The number of carbonyl (C=O) groups is 1. The van der Waals surface area contributed by atoms with E-state index in [2.05, 4.69) is 20.2 Å². The van der Waals surface area contributed by atoms with E-state index in [1.165, 1.54) is 10.9 Å². The largest absolute Gasteiger partial charge is 0.478 e. The summed E-state index contributed by atoms with van der Waals surface area (Å²) in [6.45, 7) is 0. The van der Waals surface area contributed by atoms with Crippen molar-refractivity contribution in [2.45, 2.75) is 0 Å². The van der Waals surface area contributed by atoms with Crippen LogP contribution in [0.2, 0.25) is 0 Å². The van der Waals surface area contributed by atoms with Gasteiger partial charge in [0.2, 0.25) is 5.95 Å². The molecule has 20 heavy (non-hydrogen) atoms. The van der Waals surface area contributed by atoms with Crippen LogP contribution in [-0.4, -0.2) is 40.6 Å². The molecule has 0 amide bonds. The molecule has 8 heteroatoms. The molecule has 0 aromatic carbocycles. The predicted octanol–water partition coefficient (Wildman–Crippen LogP) is 0.761. The molecule has 0 aliphatic heterocycles. The van der Waals surface area contributed by atoms with Gasteiger partial charge in [0, 0.05) is 37.4 Å². The van der Waals surface area contributed by atoms with Crippen LogP contribution in [0.25, 0.3) is 17.2 Å². The van der Waals surface area contributed by atoms with Gasteiger partial charge in [0.05, 0.1) is 6.20 Å². The summed E-state index contributed by atoms with van der Waals surface area (Å²) in [5.74, 6) is -0.754. The van der Waals surface area contributed by atoms with Gasteiger partial charge in [0.15, 0.2) is 0 Å². The third kappa shape index (κ3) is 2.03. The summed E-state index contributed by atoms with van der Waals surface area (Å²) in [5.41, 5.74) is 1.03. The van der Waals surface area contributed by atoms with E-state index in [0.717, 1.165) is 0 Å². The monoisotopic (exact) mass is 270 g/mol. The summed E-state index contributed by atoms with van der Waals surface area (Å²) in [5, 5.41) is 17.5. The molecule has 1 N–H and O–H groups in total. The highest BCUT2D eigenvalue weighted by atomic mass is 16.4. The van der Waals surface area contributed by atoms with E-state index in [1.54, 1.807) is 42.6 Å². The molecule has 3 rings (SSSR count). The van der Waals surface area contributed by atoms with Crippen molar-refractivity contribution >= 4 is 5.97 Å². The Balaban J connectivity index is 2.15. The first-order valence-corrected chi connectivity index (χ1v) is 5.74. The van der Waals surface area contributed by atoms with Crippen LogP contribution in [0.4, 0.5) is 0 Å². The minimum Gasteiger partial charge on any atom is -0.478 e. The SMILES string of the molecule is Cn1cc(-c2nn(-c3ncccn3)cc2C(=O)O)cn1. The highest BCUT2D eigenvalue weighted by Gasteiger charge is 2.19. The third-order valence-electron chi connectivity index (χ3n) is 2.68. The van der Waals surface area contributed by atoms with Gasteiger partial charge >= 0.3 is 5.97 Å². The first kappa shape index (κ1) is 12.0. The molecular weight excluding hydrogens is 260 g/mol. The molecule has 8 nitrogen and oxygen atoms in total. The lowest BCUT2D eigenvalue weighted by molar-refractivity contribution is 0.0697. The van der Waals surface area contributed by atoms with Gasteiger partial charge in [0.1, 0.15) is 11.3 Å². The van der Waals surface area contributed by atoms with Crippen molar-refractivity contribution in [3.63, 3.8) is 0 Å². The van der Waals surface area contributed by atoms with E-state index in [-0.39, 0.29) is 5.56 Å². The zero-order chi connectivity index (χ0) is 14.1. The zero-order valence-electron chi connectivity index (χ0n) is 10.5. The van der Waals surface area contributed by atoms with Crippen molar-refractivity contribution in [3.05, 3.63) is 42.6 Å². The molecule has 0 unspecified atom stereocenters. The quantitative estimate of drug-likeness (QED) is 0.754. The Labute approximate surface area is 113 Å². The normalized spacial score (nSPS) is 10.7. The number of hydrogen-bond donors (Lipinski definition) is 1. The number of aromatic carboxylic acids is 1. The van der Waals surface area contributed by atoms with Crippen LogP contribution in [0, 0.1) is 0 Å².